The topological polar surface area (TPSA) is 26.0 Å². The van der Waals surface area contributed by atoms with Crippen LogP contribution in [0.3, 0.4) is 0 Å². The average Bonchev–Trinajstić information content (AvgIpc) is 2.83. The number of nitrogen functional groups attached to an aromatic ring is 1. The van der Waals surface area contributed by atoms with Crippen molar-refractivity contribution in [3.8, 4) is 22.3 Å². The molecule has 0 saturated heterocycles. The van der Waals surface area contributed by atoms with Crippen LogP contribution in [0.15, 0.2) is 66.7 Å². The Morgan fingerprint density at radius 2 is 1.33 bits per heavy atom. The first kappa shape index (κ1) is 10.9. The van der Waals surface area contributed by atoms with E-state index in [1.165, 1.54) is 43.8 Å². The van der Waals surface area contributed by atoms with E-state index < -0.39 is 0 Å². The Labute approximate surface area is 122 Å². The third-order valence-corrected chi connectivity index (χ3v) is 4.51. The Kier molecular flexibility index (Phi) is 1.90. The number of benzene rings is 4. The smallest absolute Gasteiger partial charge is 0.0320 e. The van der Waals surface area contributed by atoms with E-state index in [-0.39, 0.29) is 0 Å². The molecule has 0 saturated carbocycles. The first-order valence-corrected chi connectivity index (χ1v) is 7.18. The van der Waals surface area contributed by atoms with Crippen molar-refractivity contribution in [2.75, 3.05) is 5.73 Å². The summed E-state index contributed by atoms with van der Waals surface area (Å²) < 4.78 is 0. The monoisotopic (exact) mass is 267 g/mol. The number of rotatable bonds is 0. The molecule has 0 heterocycles. The zero-order chi connectivity index (χ0) is 14.0. The second-order valence-electron chi connectivity index (χ2n) is 5.68. The molecule has 0 aromatic heterocycles. The van der Waals surface area contributed by atoms with Gasteiger partial charge in [-0.05, 0) is 62.0 Å². The van der Waals surface area contributed by atoms with Gasteiger partial charge in [-0.15, -0.1) is 0 Å². The average molecular weight is 267 g/mol. The molecule has 1 aliphatic carbocycles. The summed E-state index contributed by atoms with van der Waals surface area (Å²) >= 11 is 0. The Morgan fingerprint density at radius 1 is 0.571 bits per heavy atom. The number of hydrogen-bond donors (Lipinski definition) is 1. The Balaban J connectivity index is 2.09. The highest BCUT2D eigenvalue weighted by Gasteiger charge is 2.21. The summed E-state index contributed by atoms with van der Waals surface area (Å²) in [7, 11) is 0. The minimum atomic E-state index is 0.816. The minimum Gasteiger partial charge on any atom is -0.399 e. The molecular formula is C20H13N. The fourth-order valence-electron chi connectivity index (χ4n) is 3.63. The molecule has 0 aliphatic heterocycles. The van der Waals surface area contributed by atoms with Crippen molar-refractivity contribution in [2.45, 2.75) is 0 Å². The van der Waals surface area contributed by atoms with E-state index in [2.05, 4.69) is 60.7 Å². The van der Waals surface area contributed by atoms with E-state index in [0.29, 0.717) is 0 Å². The maximum Gasteiger partial charge on any atom is 0.0320 e. The van der Waals surface area contributed by atoms with Crippen molar-refractivity contribution in [1.29, 1.82) is 0 Å². The normalized spacial score (nSPS) is 12.0. The molecule has 1 heteroatoms. The van der Waals surface area contributed by atoms with E-state index in [1.807, 2.05) is 6.07 Å². The van der Waals surface area contributed by atoms with Crippen LogP contribution in [0.2, 0.25) is 0 Å². The third-order valence-electron chi connectivity index (χ3n) is 4.51. The molecule has 0 amide bonds. The van der Waals surface area contributed by atoms with Gasteiger partial charge in [-0.3, -0.25) is 0 Å². The van der Waals surface area contributed by atoms with Crippen molar-refractivity contribution in [1.82, 2.24) is 0 Å². The molecule has 21 heavy (non-hydrogen) atoms. The highest BCUT2D eigenvalue weighted by Crippen LogP contribution is 2.49. The second-order valence-corrected chi connectivity index (χ2v) is 5.68. The third kappa shape index (κ3) is 1.30. The van der Waals surface area contributed by atoms with Crippen molar-refractivity contribution in [3.05, 3.63) is 66.7 Å². The molecular weight excluding hydrogens is 254 g/mol. The Morgan fingerprint density at radius 3 is 2.19 bits per heavy atom. The van der Waals surface area contributed by atoms with Crippen molar-refractivity contribution >= 4 is 27.2 Å². The zero-order valence-corrected chi connectivity index (χ0v) is 11.4. The first-order valence-electron chi connectivity index (χ1n) is 7.18. The molecule has 0 spiro atoms. The molecule has 98 valence electrons. The van der Waals surface area contributed by atoms with Crippen LogP contribution in [0.4, 0.5) is 5.69 Å². The molecule has 5 rings (SSSR count). The summed E-state index contributed by atoms with van der Waals surface area (Å²) in [5.74, 6) is 0. The summed E-state index contributed by atoms with van der Waals surface area (Å²) in [6.07, 6.45) is 0. The molecule has 4 aromatic carbocycles. The lowest BCUT2D eigenvalue weighted by Crippen LogP contribution is -1.85. The zero-order valence-electron chi connectivity index (χ0n) is 11.4. The van der Waals surface area contributed by atoms with E-state index in [4.69, 9.17) is 5.73 Å². The van der Waals surface area contributed by atoms with Gasteiger partial charge in [-0.2, -0.15) is 0 Å². The fraction of sp³-hybridized carbons (Fsp3) is 0. The molecule has 4 aromatic rings. The van der Waals surface area contributed by atoms with Crippen LogP contribution in [-0.4, -0.2) is 0 Å². The van der Waals surface area contributed by atoms with Crippen molar-refractivity contribution < 1.29 is 0 Å². The quantitative estimate of drug-likeness (QED) is 0.302. The van der Waals surface area contributed by atoms with Crippen LogP contribution < -0.4 is 5.73 Å². The molecule has 0 fully saturated rings. The van der Waals surface area contributed by atoms with Gasteiger partial charge in [0.25, 0.3) is 0 Å². The fourth-order valence-corrected chi connectivity index (χ4v) is 3.63. The lowest BCUT2D eigenvalue weighted by molar-refractivity contribution is 1.70. The van der Waals surface area contributed by atoms with Crippen LogP contribution in [0, 0.1) is 0 Å². The maximum atomic E-state index is 5.97. The first-order chi connectivity index (χ1) is 10.3. The molecule has 0 unspecified atom stereocenters. The van der Waals surface area contributed by atoms with Gasteiger partial charge in [0, 0.05) is 5.69 Å². The van der Waals surface area contributed by atoms with Gasteiger partial charge in [-0.25, -0.2) is 0 Å². The predicted octanol–water partition coefficient (Wildman–Crippen LogP) is 5.22. The molecule has 1 aliphatic rings. The molecule has 2 N–H and O–H groups in total. The largest absolute Gasteiger partial charge is 0.399 e. The van der Waals surface area contributed by atoms with E-state index in [9.17, 15) is 0 Å². The lowest BCUT2D eigenvalue weighted by Gasteiger charge is -2.08. The van der Waals surface area contributed by atoms with Crippen molar-refractivity contribution in [3.63, 3.8) is 0 Å². The van der Waals surface area contributed by atoms with E-state index >= 15 is 0 Å². The predicted molar refractivity (Wildman–Crippen MR) is 90.3 cm³/mol. The highest BCUT2D eigenvalue weighted by molar-refractivity contribution is 6.23. The van der Waals surface area contributed by atoms with Gasteiger partial charge >= 0.3 is 0 Å². The van der Waals surface area contributed by atoms with Crippen LogP contribution in [0.5, 0.6) is 0 Å². The maximum absolute atomic E-state index is 5.97. The number of hydrogen-bond acceptors (Lipinski definition) is 1. The van der Waals surface area contributed by atoms with Crippen LogP contribution in [0.1, 0.15) is 0 Å². The summed E-state index contributed by atoms with van der Waals surface area (Å²) in [5, 5.41) is 5.18. The lowest BCUT2D eigenvalue weighted by atomic mass is 9.96. The summed E-state index contributed by atoms with van der Waals surface area (Å²) in [4.78, 5) is 0. The molecule has 1 nitrogen and oxygen atoms in total. The van der Waals surface area contributed by atoms with Crippen LogP contribution in [0.25, 0.3) is 43.8 Å². The Hall–Kier alpha value is -2.80. The molecule has 0 bridgehead atoms. The van der Waals surface area contributed by atoms with Crippen molar-refractivity contribution in [2.24, 2.45) is 0 Å². The van der Waals surface area contributed by atoms with E-state index in [1.54, 1.807) is 0 Å². The molecule has 0 atom stereocenters. The number of anilines is 1. The Bertz CT molecular complexity index is 1040. The second kappa shape index (κ2) is 3.64. The number of fused-ring (bicyclic) bond motifs is 5. The van der Waals surface area contributed by atoms with Gasteiger partial charge < -0.3 is 5.73 Å². The minimum absolute atomic E-state index is 0.816. The van der Waals surface area contributed by atoms with Gasteiger partial charge in [0.15, 0.2) is 0 Å². The summed E-state index contributed by atoms with van der Waals surface area (Å²) in [6, 6.07) is 23.7. The molecule has 0 radical (unpaired) electrons. The van der Waals surface area contributed by atoms with Gasteiger partial charge in [0.1, 0.15) is 0 Å². The van der Waals surface area contributed by atoms with Crippen LogP contribution in [-0.2, 0) is 0 Å². The van der Waals surface area contributed by atoms with Gasteiger partial charge in [-0.1, -0.05) is 48.5 Å². The summed E-state index contributed by atoms with van der Waals surface area (Å²) in [5.41, 5.74) is 12.1. The SMILES string of the molecule is Nc1ccc2c(c1)cc1c3c(cccc32)-c2ccccc2-1. The van der Waals surface area contributed by atoms with Crippen LogP contribution >= 0.6 is 0 Å². The van der Waals surface area contributed by atoms with E-state index in [0.717, 1.165) is 5.69 Å². The summed E-state index contributed by atoms with van der Waals surface area (Å²) in [6.45, 7) is 0. The standard InChI is InChI=1S/C20H13N/c21-13-8-9-14-12(10-13)11-19-16-5-2-1-4-15(16)18-7-3-6-17(14)20(18)19/h1-11H,21H2. The number of nitrogens with two attached hydrogens (primary N) is 1. The highest BCUT2D eigenvalue weighted by atomic mass is 14.5. The van der Waals surface area contributed by atoms with Gasteiger partial charge in [0.05, 0.1) is 0 Å². The van der Waals surface area contributed by atoms with Gasteiger partial charge in [0.2, 0.25) is 0 Å².